The average Bonchev–Trinajstić information content (AvgIpc) is 3.08. The Balaban J connectivity index is 1.51. The Morgan fingerprint density at radius 1 is 1.07 bits per heavy atom. The number of nitrogens with zero attached hydrogens (tertiary/aromatic N) is 3. The summed E-state index contributed by atoms with van der Waals surface area (Å²) in [7, 11) is -3.56. The highest BCUT2D eigenvalue weighted by atomic mass is 32.2. The number of rotatable bonds is 5. The fraction of sp³-hybridized carbons (Fsp3) is 0.474. The lowest BCUT2D eigenvalue weighted by Crippen LogP contribution is -2.41. The van der Waals surface area contributed by atoms with Crippen LogP contribution in [0.1, 0.15) is 13.8 Å². The van der Waals surface area contributed by atoms with Crippen molar-refractivity contribution in [2.24, 2.45) is 0 Å². The van der Waals surface area contributed by atoms with Crippen molar-refractivity contribution in [1.29, 1.82) is 0 Å². The van der Waals surface area contributed by atoms with Crippen LogP contribution in [0, 0.1) is 0 Å². The molecule has 0 amide bonds. The molecule has 2 saturated heterocycles. The van der Waals surface area contributed by atoms with Crippen LogP contribution in [0.4, 0.5) is 11.5 Å². The molecule has 0 bridgehead atoms. The molecule has 156 valence electrons. The number of morpholine rings is 1. The van der Waals surface area contributed by atoms with Crippen LogP contribution in [-0.2, 0) is 14.8 Å². The number of benzene rings is 1. The Bertz CT molecular complexity index is 937. The van der Waals surface area contributed by atoms with Gasteiger partial charge in [0, 0.05) is 36.4 Å². The molecule has 3 N–H and O–H groups in total. The zero-order valence-corrected chi connectivity index (χ0v) is 17.3. The number of ether oxygens (including phenoxy) is 1. The molecule has 1 aromatic heterocycles. The Kier molecular flexibility index (Phi) is 5.68. The molecule has 4 rings (SSSR count). The van der Waals surface area contributed by atoms with E-state index in [-0.39, 0.29) is 12.1 Å². The molecule has 0 saturated carbocycles. The number of sulfonamides is 1. The van der Waals surface area contributed by atoms with Crippen molar-refractivity contribution < 1.29 is 13.2 Å². The predicted molar refractivity (Wildman–Crippen MR) is 112 cm³/mol. The van der Waals surface area contributed by atoms with Crippen LogP contribution in [0.25, 0.3) is 11.3 Å². The first-order valence-corrected chi connectivity index (χ1v) is 11.3. The van der Waals surface area contributed by atoms with E-state index in [9.17, 15) is 8.42 Å². The molecule has 2 aromatic rings. The normalized spacial score (nSPS) is 25.2. The summed E-state index contributed by atoms with van der Waals surface area (Å²) in [5.74, 6) is 0.818. The van der Waals surface area contributed by atoms with Crippen LogP contribution in [0.3, 0.4) is 0 Å². The monoisotopic (exact) mass is 418 g/mol. The molecular weight excluding hydrogens is 392 g/mol. The van der Waals surface area contributed by atoms with Gasteiger partial charge in [-0.25, -0.2) is 8.42 Å². The molecule has 29 heavy (non-hydrogen) atoms. The van der Waals surface area contributed by atoms with Gasteiger partial charge in [0.05, 0.1) is 18.9 Å². The van der Waals surface area contributed by atoms with Crippen molar-refractivity contribution >= 4 is 21.5 Å². The summed E-state index contributed by atoms with van der Waals surface area (Å²) >= 11 is 0. The van der Waals surface area contributed by atoms with Gasteiger partial charge in [-0.05, 0) is 38.1 Å². The zero-order chi connectivity index (χ0) is 20.4. The highest BCUT2D eigenvalue weighted by Crippen LogP contribution is 2.25. The van der Waals surface area contributed by atoms with E-state index in [2.05, 4.69) is 30.7 Å². The van der Waals surface area contributed by atoms with Crippen LogP contribution >= 0.6 is 0 Å². The molecule has 0 radical (unpaired) electrons. The molecule has 0 spiro atoms. The Labute approximate surface area is 170 Å². The van der Waals surface area contributed by atoms with Crippen LogP contribution in [-0.4, -0.2) is 62.3 Å². The second-order valence-corrected chi connectivity index (χ2v) is 9.27. The van der Waals surface area contributed by atoms with Crippen molar-refractivity contribution in [3.63, 3.8) is 0 Å². The van der Waals surface area contributed by atoms with Crippen molar-refractivity contribution in [1.82, 2.24) is 21.0 Å². The van der Waals surface area contributed by atoms with Crippen molar-refractivity contribution in [2.45, 2.75) is 31.2 Å². The number of aromatic nitrogens is 2. The van der Waals surface area contributed by atoms with E-state index in [4.69, 9.17) is 4.74 Å². The predicted octanol–water partition coefficient (Wildman–Crippen LogP) is 0.975. The second-order valence-electron chi connectivity index (χ2n) is 7.43. The Hall–Kier alpha value is -2.27. The SMILES string of the molecule is CC1NNC(C)C1S(=O)(=O)Nc1cccc(-c2ccc(N3CCOCC3)nn2)c1. The Morgan fingerprint density at radius 3 is 2.45 bits per heavy atom. The number of hydrogen-bond acceptors (Lipinski definition) is 8. The molecule has 2 aliphatic rings. The summed E-state index contributed by atoms with van der Waals surface area (Å²) in [5.41, 5.74) is 7.96. The largest absolute Gasteiger partial charge is 0.378 e. The quantitative estimate of drug-likeness (QED) is 0.659. The molecule has 2 unspecified atom stereocenters. The van der Waals surface area contributed by atoms with Crippen LogP contribution in [0.15, 0.2) is 36.4 Å². The molecular formula is C19H26N6O3S. The molecule has 1 aromatic carbocycles. The molecule has 0 aliphatic carbocycles. The van der Waals surface area contributed by atoms with E-state index < -0.39 is 15.3 Å². The first-order chi connectivity index (χ1) is 13.9. The number of hydrogen-bond donors (Lipinski definition) is 3. The third-order valence-corrected chi connectivity index (χ3v) is 7.34. The molecule has 2 atom stereocenters. The first-order valence-electron chi connectivity index (χ1n) is 9.73. The summed E-state index contributed by atoms with van der Waals surface area (Å²) in [4.78, 5) is 2.14. The van der Waals surface area contributed by atoms with Gasteiger partial charge >= 0.3 is 0 Å². The fourth-order valence-corrected chi connectivity index (χ4v) is 5.61. The maximum atomic E-state index is 12.9. The molecule has 2 aliphatic heterocycles. The van der Waals surface area contributed by atoms with Gasteiger partial charge in [-0.15, -0.1) is 10.2 Å². The number of hydrazine groups is 1. The van der Waals surface area contributed by atoms with Crippen LogP contribution in [0.2, 0.25) is 0 Å². The minimum atomic E-state index is -3.56. The van der Waals surface area contributed by atoms with Gasteiger partial charge in [-0.1, -0.05) is 12.1 Å². The van der Waals surface area contributed by atoms with E-state index in [0.29, 0.717) is 24.6 Å². The molecule has 3 heterocycles. The second kappa shape index (κ2) is 8.23. The highest BCUT2D eigenvalue weighted by molar-refractivity contribution is 7.93. The van der Waals surface area contributed by atoms with Gasteiger partial charge in [-0.2, -0.15) is 0 Å². The molecule has 9 nitrogen and oxygen atoms in total. The third kappa shape index (κ3) is 4.35. The molecule has 2 fully saturated rings. The van der Waals surface area contributed by atoms with Gasteiger partial charge in [-0.3, -0.25) is 15.6 Å². The smallest absolute Gasteiger partial charge is 0.238 e. The van der Waals surface area contributed by atoms with Gasteiger partial charge < -0.3 is 9.64 Å². The Morgan fingerprint density at radius 2 is 1.79 bits per heavy atom. The van der Waals surface area contributed by atoms with Gasteiger partial charge in [0.25, 0.3) is 0 Å². The highest BCUT2D eigenvalue weighted by Gasteiger charge is 2.40. The zero-order valence-electron chi connectivity index (χ0n) is 16.5. The number of anilines is 2. The van der Waals surface area contributed by atoms with E-state index in [0.717, 1.165) is 24.5 Å². The van der Waals surface area contributed by atoms with E-state index in [1.54, 1.807) is 12.1 Å². The van der Waals surface area contributed by atoms with E-state index in [1.807, 2.05) is 38.1 Å². The minimum Gasteiger partial charge on any atom is -0.378 e. The maximum absolute atomic E-state index is 12.9. The van der Waals surface area contributed by atoms with Crippen molar-refractivity contribution in [2.75, 3.05) is 35.9 Å². The number of nitrogens with one attached hydrogen (secondary N) is 3. The summed E-state index contributed by atoms with van der Waals surface area (Å²) < 4.78 is 33.8. The lowest BCUT2D eigenvalue weighted by atomic mass is 10.1. The fourth-order valence-electron chi connectivity index (χ4n) is 3.81. The van der Waals surface area contributed by atoms with E-state index in [1.165, 1.54) is 0 Å². The standard InChI is InChI=1S/C19H26N6O3S/c1-13-19(14(2)21-20-13)29(26,27)24-16-5-3-4-15(12-16)17-6-7-18(23-22-17)25-8-10-28-11-9-25/h3-7,12-14,19-21,24H,8-11H2,1-2H3. The lowest BCUT2D eigenvalue weighted by molar-refractivity contribution is 0.122. The van der Waals surface area contributed by atoms with Gasteiger partial charge in [0.2, 0.25) is 10.0 Å². The van der Waals surface area contributed by atoms with Gasteiger partial charge in [0.1, 0.15) is 5.25 Å². The van der Waals surface area contributed by atoms with Gasteiger partial charge in [0.15, 0.2) is 5.82 Å². The third-order valence-electron chi connectivity index (χ3n) is 5.29. The lowest BCUT2D eigenvalue weighted by Gasteiger charge is -2.27. The van der Waals surface area contributed by atoms with Crippen molar-refractivity contribution in [3.8, 4) is 11.3 Å². The van der Waals surface area contributed by atoms with Crippen LogP contribution < -0.4 is 20.5 Å². The topological polar surface area (TPSA) is 108 Å². The maximum Gasteiger partial charge on any atom is 0.238 e. The molecule has 10 heteroatoms. The minimum absolute atomic E-state index is 0.190. The van der Waals surface area contributed by atoms with Crippen LogP contribution in [0.5, 0.6) is 0 Å². The summed E-state index contributed by atoms with van der Waals surface area (Å²) in [5, 5.41) is 8.09. The van der Waals surface area contributed by atoms with Crippen molar-refractivity contribution in [3.05, 3.63) is 36.4 Å². The average molecular weight is 419 g/mol. The van der Waals surface area contributed by atoms with E-state index >= 15 is 0 Å². The summed E-state index contributed by atoms with van der Waals surface area (Å²) in [6, 6.07) is 10.7. The summed E-state index contributed by atoms with van der Waals surface area (Å²) in [6.45, 7) is 6.68. The first kappa shape index (κ1) is 20.0. The summed E-state index contributed by atoms with van der Waals surface area (Å²) in [6.07, 6.45) is 0.